The van der Waals surface area contributed by atoms with Crippen molar-refractivity contribution in [3.63, 3.8) is 0 Å². The minimum atomic E-state index is -0.795. The number of halogens is 3. The number of aldehydes is 1. The molecule has 0 aliphatic carbocycles. The molecule has 0 fully saturated rings. The summed E-state index contributed by atoms with van der Waals surface area (Å²) in [6.07, 6.45) is 3.40. The SMILES string of the molecule is Cc1cc(Cl)cc2c1N=C(c1cc(Br)cn1-c1cccnc1Cl)OC2C=O. The summed E-state index contributed by atoms with van der Waals surface area (Å²) in [5.74, 6) is 0.315. The molecule has 4 rings (SSSR count). The van der Waals surface area contributed by atoms with E-state index in [9.17, 15) is 4.79 Å². The zero-order chi connectivity index (χ0) is 19.1. The zero-order valence-corrected chi connectivity index (χ0v) is 17.1. The fourth-order valence-corrected chi connectivity index (χ4v) is 3.93. The quantitative estimate of drug-likeness (QED) is 0.374. The Hall–Kier alpha value is -2.15. The van der Waals surface area contributed by atoms with Crippen molar-refractivity contribution in [2.45, 2.75) is 13.0 Å². The van der Waals surface area contributed by atoms with E-state index in [-0.39, 0.29) is 0 Å². The van der Waals surface area contributed by atoms with Crippen LogP contribution in [0.2, 0.25) is 10.2 Å². The van der Waals surface area contributed by atoms with Crippen LogP contribution in [0.3, 0.4) is 0 Å². The molecule has 136 valence electrons. The second-order valence-corrected chi connectivity index (χ2v) is 7.69. The molecule has 8 heteroatoms. The molecule has 1 unspecified atom stereocenters. The van der Waals surface area contributed by atoms with Crippen molar-refractivity contribution in [3.05, 3.63) is 74.2 Å². The molecule has 1 aliphatic rings. The third-order valence-electron chi connectivity index (χ3n) is 4.18. The highest BCUT2D eigenvalue weighted by atomic mass is 79.9. The molecule has 0 N–H and O–H groups in total. The number of aromatic nitrogens is 2. The normalized spacial score (nSPS) is 15.7. The summed E-state index contributed by atoms with van der Waals surface area (Å²) < 4.78 is 8.52. The van der Waals surface area contributed by atoms with Gasteiger partial charge in [-0.15, -0.1) is 0 Å². The van der Waals surface area contributed by atoms with Gasteiger partial charge in [0.2, 0.25) is 5.90 Å². The fraction of sp³-hybridized carbons (Fsp3) is 0.105. The van der Waals surface area contributed by atoms with Crippen LogP contribution in [0.5, 0.6) is 0 Å². The van der Waals surface area contributed by atoms with Crippen LogP contribution in [0.4, 0.5) is 5.69 Å². The van der Waals surface area contributed by atoms with Crippen molar-refractivity contribution in [1.82, 2.24) is 9.55 Å². The van der Waals surface area contributed by atoms with Gasteiger partial charge < -0.3 is 9.30 Å². The van der Waals surface area contributed by atoms with E-state index in [1.54, 1.807) is 18.3 Å². The number of nitrogens with zero attached hydrogens (tertiary/aromatic N) is 3. The number of pyridine rings is 1. The second-order valence-electron chi connectivity index (χ2n) is 5.98. The van der Waals surface area contributed by atoms with E-state index in [0.29, 0.717) is 38.7 Å². The van der Waals surface area contributed by atoms with Crippen LogP contribution in [0.25, 0.3) is 5.69 Å². The van der Waals surface area contributed by atoms with Crippen molar-refractivity contribution in [2.24, 2.45) is 4.99 Å². The maximum atomic E-state index is 11.7. The number of rotatable bonds is 3. The molecule has 3 aromatic rings. The smallest absolute Gasteiger partial charge is 0.239 e. The van der Waals surface area contributed by atoms with E-state index in [1.165, 1.54) is 0 Å². The first-order chi connectivity index (χ1) is 13.0. The number of hydrogen-bond donors (Lipinski definition) is 0. The molecular weight excluding hydrogens is 453 g/mol. The third kappa shape index (κ3) is 3.29. The van der Waals surface area contributed by atoms with Crippen molar-refractivity contribution in [1.29, 1.82) is 0 Å². The van der Waals surface area contributed by atoms with Crippen molar-refractivity contribution >= 4 is 57.0 Å². The molecule has 0 amide bonds. The summed E-state index contributed by atoms with van der Waals surface area (Å²) >= 11 is 15.9. The van der Waals surface area contributed by atoms with Crippen molar-refractivity contribution < 1.29 is 9.53 Å². The number of ether oxygens (including phenoxy) is 1. The minimum absolute atomic E-state index is 0.315. The highest BCUT2D eigenvalue weighted by Crippen LogP contribution is 2.38. The number of carbonyl (C=O) groups is 1. The third-order valence-corrected chi connectivity index (χ3v) is 5.12. The molecule has 0 saturated heterocycles. The number of fused-ring (bicyclic) bond motifs is 1. The fourth-order valence-electron chi connectivity index (χ4n) is 3.01. The van der Waals surface area contributed by atoms with E-state index in [1.807, 2.05) is 35.9 Å². The Morgan fingerprint density at radius 3 is 2.85 bits per heavy atom. The van der Waals surface area contributed by atoms with Gasteiger partial charge in [-0.25, -0.2) is 9.98 Å². The lowest BCUT2D eigenvalue weighted by Gasteiger charge is -2.24. The Bertz CT molecular complexity index is 1090. The summed E-state index contributed by atoms with van der Waals surface area (Å²) in [4.78, 5) is 20.4. The van der Waals surface area contributed by atoms with E-state index in [2.05, 4.69) is 25.9 Å². The van der Waals surface area contributed by atoms with E-state index < -0.39 is 6.10 Å². The summed E-state index contributed by atoms with van der Waals surface area (Å²) in [5, 5.41) is 0.877. The summed E-state index contributed by atoms with van der Waals surface area (Å²) in [6, 6.07) is 8.99. The van der Waals surface area contributed by atoms with E-state index in [4.69, 9.17) is 27.9 Å². The van der Waals surface area contributed by atoms with E-state index >= 15 is 0 Å². The Labute approximate surface area is 173 Å². The van der Waals surface area contributed by atoms with Gasteiger partial charge in [0.25, 0.3) is 0 Å². The Balaban J connectivity index is 1.91. The first-order valence-electron chi connectivity index (χ1n) is 7.97. The maximum Gasteiger partial charge on any atom is 0.239 e. The average Bonchev–Trinajstić information content (AvgIpc) is 3.03. The molecule has 0 bridgehead atoms. The monoisotopic (exact) mass is 463 g/mol. The van der Waals surface area contributed by atoms with Gasteiger partial charge in [-0.3, -0.25) is 4.79 Å². The molecule has 0 spiro atoms. The molecule has 1 atom stereocenters. The Morgan fingerprint density at radius 2 is 2.11 bits per heavy atom. The number of hydrogen-bond acceptors (Lipinski definition) is 4. The first kappa shape index (κ1) is 18.2. The van der Waals surface area contributed by atoms with Crippen LogP contribution in [-0.2, 0) is 9.53 Å². The molecule has 0 saturated carbocycles. The van der Waals surface area contributed by atoms with Crippen LogP contribution in [-0.4, -0.2) is 21.7 Å². The molecule has 27 heavy (non-hydrogen) atoms. The average molecular weight is 465 g/mol. The molecule has 1 aliphatic heterocycles. The lowest BCUT2D eigenvalue weighted by atomic mass is 10.0. The predicted molar refractivity (Wildman–Crippen MR) is 109 cm³/mol. The lowest BCUT2D eigenvalue weighted by molar-refractivity contribution is -0.114. The Morgan fingerprint density at radius 1 is 1.30 bits per heavy atom. The lowest BCUT2D eigenvalue weighted by Crippen LogP contribution is -2.20. The molecule has 3 heterocycles. The highest BCUT2D eigenvalue weighted by Gasteiger charge is 2.28. The second kappa shape index (κ2) is 7.11. The summed E-state index contributed by atoms with van der Waals surface area (Å²) in [7, 11) is 0. The first-order valence-corrected chi connectivity index (χ1v) is 9.52. The molecular formula is C19H12BrCl2N3O2. The van der Waals surface area contributed by atoms with Gasteiger partial charge >= 0.3 is 0 Å². The largest absolute Gasteiger partial charge is 0.460 e. The van der Waals surface area contributed by atoms with Crippen LogP contribution in [0.1, 0.15) is 22.9 Å². The van der Waals surface area contributed by atoms with Crippen LogP contribution in [0, 0.1) is 6.92 Å². The van der Waals surface area contributed by atoms with Gasteiger partial charge in [0.1, 0.15) is 5.69 Å². The van der Waals surface area contributed by atoms with Crippen LogP contribution in [0.15, 0.2) is 52.2 Å². The van der Waals surface area contributed by atoms with Crippen LogP contribution >= 0.6 is 39.1 Å². The van der Waals surface area contributed by atoms with Gasteiger partial charge in [0.05, 0.1) is 11.4 Å². The molecule has 1 aromatic carbocycles. The Kier molecular flexibility index (Phi) is 4.80. The highest BCUT2D eigenvalue weighted by molar-refractivity contribution is 9.10. The predicted octanol–water partition coefficient (Wildman–Crippen LogP) is 5.60. The molecule has 5 nitrogen and oxygen atoms in total. The van der Waals surface area contributed by atoms with Gasteiger partial charge in [0, 0.05) is 27.5 Å². The number of carbonyl (C=O) groups excluding carboxylic acids is 1. The van der Waals surface area contributed by atoms with Gasteiger partial charge in [-0.05, 0) is 58.7 Å². The number of aryl methyl sites for hydroxylation is 1. The van der Waals surface area contributed by atoms with E-state index in [0.717, 1.165) is 16.3 Å². The zero-order valence-electron chi connectivity index (χ0n) is 14.0. The van der Waals surface area contributed by atoms with Crippen molar-refractivity contribution in [3.8, 4) is 5.69 Å². The summed E-state index contributed by atoms with van der Waals surface area (Å²) in [6.45, 7) is 1.89. The van der Waals surface area contributed by atoms with Crippen LogP contribution < -0.4 is 0 Å². The maximum absolute atomic E-state index is 11.7. The summed E-state index contributed by atoms with van der Waals surface area (Å²) in [5.41, 5.74) is 3.51. The van der Waals surface area contributed by atoms with Crippen molar-refractivity contribution in [2.75, 3.05) is 0 Å². The number of aliphatic imine (C=N–C) groups is 1. The topological polar surface area (TPSA) is 56.5 Å². The molecule has 2 aromatic heterocycles. The van der Waals surface area contributed by atoms with Gasteiger partial charge in [-0.1, -0.05) is 23.2 Å². The van der Waals surface area contributed by atoms with Gasteiger partial charge in [0.15, 0.2) is 17.5 Å². The minimum Gasteiger partial charge on any atom is -0.460 e. The molecule has 0 radical (unpaired) electrons. The standard InChI is InChI=1S/C19H12BrCl2N3O2/c1-10-5-12(21)7-13-16(9-26)27-19(24-17(10)13)15-6-11(20)8-25(15)14-3-2-4-23-18(14)22/h2-9,16H,1H3. The number of benzene rings is 1. The van der Waals surface area contributed by atoms with Gasteiger partial charge in [-0.2, -0.15) is 0 Å².